The van der Waals surface area contributed by atoms with Gasteiger partial charge in [0.2, 0.25) is 0 Å². The van der Waals surface area contributed by atoms with Crippen molar-refractivity contribution in [3.8, 4) is 0 Å². The van der Waals surface area contributed by atoms with E-state index in [0.717, 1.165) is 18.1 Å². The van der Waals surface area contributed by atoms with Gasteiger partial charge in [-0.05, 0) is 50.6 Å². The zero-order valence-corrected chi connectivity index (χ0v) is 12.1. The summed E-state index contributed by atoms with van der Waals surface area (Å²) in [6.07, 6.45) is 3.81. The summed E-state index contributed by atoms with van der Waals surface area (Å²) in [6, 6.07) is 8.15. The third-order valence-corrected chi connectivity index (χ3v) is 4.20. The van der Waals surface area contributed by atoms with Gasteiger partial charge in [-0.3, -0.25) is 0 Å². The highest BCUT2D eigenvalue weighted by atomic mass is 35.5. The van der Waals surface area contributed by atoms with Gasteiger partial charge in [0.15, 0.2) is 0 Å². The van der Waals surface area contributed by atoms with Gasteiger partial charge in [0, 0.05) is 23.7 Å². The molecule has 1 heterocycles. The van der Waals surface area contributed by atoms with Crippen LogP contribution in [0.1, 0.15) is 31.7 Å². The van der Waals surface area contributed by atoms with Gasteiger partial charge in [0.25, 0.3) is 0 Å². The van der Waals surface area contributed by atoms with Gasteiger partial charge < -0.3 is 10.2 Å². The third kappa shape index (κ3) is 3.47. The van der Waals surface area contributed by atoms with Crippen molar-refractivity contribution in [2.24, 2.45) is 0 Å². The van der Waals surface area contributed by atoms with Crippen LogP contribution < -0.4 is 5.32 Å². The summed E-state index contributed by atoms with van der Waals surface area (Å²) in [6.45, 7) is 5.56. The summed E-state index contributed by atoms with van der Waals surface area (Å²) in [5.41, 5.74) is 1.66. The first-order valence-corrected chi connectivity index (χ1v) is 7.19. The molecular formula is C15H23ClN2. The monoisotopic (exact) mass is 266 g/mol. The Bertz CT molecular complexity index is 369. The van der Waals surface area contributed by atoms with E-state index in [1.165, 1.54) is 31.4 Å². The Balaban J connectivity index is 1.91. The quantitative estimate of drug-likeness (QED) is 0.880. The van der Waals surface area contributed by atoms with Crippen molar-refractivity contribution < 1.29 is 0 Å². The molecule has 0 aliphatic carbocycles. The summed E-state index contributed by atoms with van der Waals surface area (Å²) in [5, 5.41) is 4.49. The number of rotatable bonds is 5. The molecule has 0 amide bonds. The minimum Gasteiger partial charge on any atom is -0.310 e. The Labute approximate surface area is 115 Å². The number of nitrogens with zero attached hydrogens (tertiary/aromatic N) is 1. The molecule has 0 bridgehead atoms. The molecule has 0 saturated carbocycles. The second-order valence-corrected chi connectivity index (χ2v) is 5.90. The number of halogens is 1. The fraction of sp³-hybridized carbons (Fsp3) is 0.600. The highest BCUT2D eigenvalue weighted by Gasteiger charge is 2.32. The minimum atomic E-state index is 0.334. The maximum Gasteiger partial charge on any atom is 0.0406 e. The topological polar surface area (TPSA) is 15.3 Å². The van der Waals surface area contributed by atoms with Gasteiger partial charge in [-0.1, -0.05) is 30.7 Å². The molecule has 1 aromatic rings. The van der Waals surface area contributed by atoms with Gasteiger partial charge in [-0.15, -0.1) is 0 Å². The van der Waals surface area contributed by atoms with E-state index in [0.29, 0.717) is 5.54 Å². The van der Waals surface area contributed by atoms with Crippen molar-refractivity contribution in [3.63, 3.8) is 0 Å². The molecule has 2 rings (SSSR count). The molecule has 1 aliphatic heterocycles. The predicted octanol–water partition coefficient (Wildman–Crippen LogP) is 3.30. The molecule has 3 heteroatoms. The average molecular weight is 267 g/mol. The normalized spacial score (nSPS) is 23.8. The van der Waals surface area contributed by atoms with E-state index in [9.17, 15) is 0 Å². The molecule has 18 heavy (non-hydrogen) atoms. The van der Waals surface area contributed by atoms with Crippen LogP contribution in [0.15, 0.2) is 24.3 Å². The standard InChI is InChI=1S/C15H23ClN2/c1-3-15(9-4-10-17-15)12-18(2)11-13-5-7-14(16)8-6-13/h5-8,17H,3-4,9-12H2,1-2H3. The van der Waals surface area contributed by atoms with Crippen LogP contribution in [0.5, 0.6) is 0 Å². The predicted molar refractivity (Wildman–Crippen MR) is 78.0 cm³/mol. The Morgan fingerprint density at radius 2 is 2.06 bits per heavy atom. The summed E-state index contributed by atoms with van der Waals surface area (Å²) >= 11 is 5.91. The van der Waals surface area contributed by atoms with E-state index in [2.05, 4.69) is 36.3 Å². The van der Waals surface area contributed by atoms with Gasteiger partial charge in [-0.25, -0.2) is 0 Å². The molecule has 1 unspecified atom stereocenters. The lowest BCUT2D eigenvalue weighted by molar-refractivity contribution is 0.214. The molecule has 1 fully saturated rings. The zero-order valence-electron chi connectivity index (χ0n) is 11.4. The maximum atomic E-state index is 5.91. The Hall–Kier alpha value is -0.570. The Morgan fingerprint density at radius 3 is 2.61 bits per heavy atom. The lowest BCUT2D eigenvalue weighted by Gasteiger charge is -2.33. The molecule has 1 N–H and O–H groups in total. The largest absolute Gasteiger partial charge is 0.310 e. The molecule has 1 saturated heterocycles. The number of likely N-dealkylation sites (N-methyl/N-ethyl adjacent to an activating group) is 1. The highest BCUT2D eigenvalue weighted by Crippen LogP contribution is 2.24. The van der Waals surface area contributed by atoms with Crippen molar-refractivity contribution in [2.75, 3.05) is 20.1 Å². The highest BCUT2D eigenvalue weighted by molar-refractivity contribution is 6.30. The van der Waals surface area contributed by atoms with Gasteiger partial charge in [-0.2, -0.15) is 0 Å². The van der Waals surface area contributed by atoms with E-state index in [4.69, 9.17) is 11.6 Å². The van der Waals surface area contributed by atoms with Crippen molar-refractivity contribution in [1.29, 1.82) is 0 Å². The first-order valence-electron chi connectivity index (χ1n) is 6.81. The first-order chi connectivity index (χ1) is 8.63. The lowest BCUT2D eigenvalue weighted by Crippen LogP contribution is -2.48. The van der Waals surface area contributed by atoms with E-state index in [1.807, 2.05) is 12.1 Å². The van der Waals surface area contributed by atoms with Crippen molar-refractivity contribution in [3.05, 3.63) is 34.9 Å². The molecule has 1 atom stereocenters. The summed E-state index contributed by atoms with van der Waals surface area (Å²) < 4.78 is 0. The van der Waals surface area contributed by atoms with E-state index >= 15 is 0 Å². The van der Waals surface area contributed by atoms with Crippen molar-refractivity contribution >= 4 is 11.6 Å². The van der Waals surface area contributed by atoms with Crippen LogP contribution in [0.2, 0.25) is 5.02 Å². The first kappa shape index (κ1) is 13.9. The molecular weight excluding hydrogens is 244 g/mol. The van der Waals surface area contributed by atoms with Crippen LogP contribution in [0.4, 0.5) is 0 Å². The van der Waals surface area contributed by atoms with E-state index in [-0.39, 0.29) is 0 Å². The number of hydrogen-bond acceptors (Lipinski definition) is 2. The number of hydrogen-bond donors (Lipinski definition) is 1. The molecule has 0 spiro atoms. The number of benzene rings is 1. The molecule has 1 aromatic carbocycles. The second-order valence-electron chi connectivity index (χ2n) is 5.46. The summed E-state index contributed by atoms with van der Waals surface area (Å²) in [4.78, 5) is 2.41. The second kappa shape index (κ2) is 6.05. The maximum absolute atomic E-state index is 5.91. The smallest absolute Gasteiger partial charge is 0.0406 e. The molecule has 2 nitrogen and oxygen atoms in total. The fourth-order valence-electron chi connectivity index (χ4n) is 2.89. The zero-order chi connectivity index (χ0) is 13.0. The van der Waals surface area contributed by atoms with Crippen LogP contribution in [0.3, 0.4) is 0 Å². The SMILES string of the molecule is CCC1(CN(C)Cc2ccc(Cl)cc2)CCCN1. The molecule has 0 radical (unpaired) electrons. The van der Waals surface area contributed by atoms with Crippen molar-refractivity contribution in [2.45, 2.75) is 38.3 Å². The average Bonchev–Trinajstić information content (AvgIpc) is 2.81. The molecule has 100 valence electrons. The van der Waals surface area contributed by atoms with E-state index in [1.54, 1.807) is 0 Å². The van der Waals surface area contributed by atoms with Gasteiger partial charge in [0.05, 0.1) is 0 Å². The van der Waals surface area contributed by atoms with Crippen LogP contribution >= 0.6 is 11.6 Å². The van der Waals surface area contributed by atoms with Crippen LogP contribution in [0.25, 0.3) is 0 Å². The van der Waals surface area contributed by atoms with E-state index < -0.39 is 0 Å². The number of nitrogens with one attached hydrogen (secondary N) is 1. The molecule has 0 aromatic heterocycles. The van der Waals surface area contributed by atoms with Crippen LogP contribution in [-0.4, -0.2) is 30.6 Å². The fourth-order valence-corrected chi connectivity index (χ4v) is 3.02. The Morgan fingerprint density at radius 1 is 1.33 bits per heavy atom. The lowest BCUT2D eigenvalue weighted by atomic mass is 9.93. The molecule has 1 aliphatic rings. The Kier molecular flexibility index (Phi) is 4.66. The summed E-state index contributed by atoms with van der Waals surface area (Å²) in [7, 11) is 2.20. The third-order valence-electron chi connectivity index (χ3n) is 3.95. The summed E-state index contributed by atoms with van der Waals surface area (Å²) in [5.74, 6) is 0. The van der Waals surface area contributed by atoms with Crippen LogP contribution in [0, 0.1) is 0 Å². The van der Waals surface area contributed by atoms with Crippen molar-refractivity contribution in [1.82, 2.24) is 10.2 Å². The van der Waals surface area contributed by atoms with Gasteiger partial charge >= 0.3 is 0 Å². The van der Waals surface area contributed by atoms with Gasteiger partial charge in [0.1, 0.15) is 0 Å². The minimum absolute atomic E-state index is 0.334. The van der Waals surface area contributed by atoms with Crippen LogP contribution in [-0.2, 0) is 6.54 Å².